The first kappa shape index (κ1) is 34.2. The highest BCUT2D eigenvalue weighted by molar-refractivity contribution is 6.13. The lowest BCUT2D eigenvalue weighted by Crippen LogP contribution is -2.53. The standard InChI is InChI=1S/C43H41N3O7/c1-3-53-36-23-27(13-20-35(36)48)38-31-18-19-32-37(41(51)45(39(32)49)22-21-26-11-16-30(47)17-12-26)33(31)24-34-40(50)46(44-29-14-9-25(2)10-15-29)42(52)43(34,38)28-7-5-4-6-8-28/h4-18,20,23,32-34,37-38,44,47-48H,3,19,21-22,24H2,1-2H3. The molecule has 2 aliphatic carbocycles. The molecule has 8 rings (SSSR count). The van der Waals surface area contributed by atoms with Crippen molar-refractivity contribution in [2.24, 2.45) is 23.7 Å². The van der Waals surface area contributed by atoms with E-state index in [-0.39, 0.29) is 42.0 Å². The number of carbonyl (C=O) groups excluding carboxylic acids is 4. The van der Waals surface area contributed by atoms with Gasteiger partial charge in [0.25, 0.3) is 11.8 Å². The van der Waals surface area contributed by atoms with Gasteiger partial charge in [-0.25, -0.2) is 0 Å². The SMILES string of the molecule is CCOc1cc(C2C3=CCC4C(=O)N(CCc5ccc(O)cc5)C(=O)C4C3CC3C(=O)N(Nc4ccc(C)cc4)C(=O)C32c2ccccc2)ccc1O. The number of amides is 4. The summed E-state index contributed by atoms with van der Waals surface area (Å²) < 4.78 is 5.83. The second-order valence-corrected chi connectivity index (χ2v) is 14.5. The van der Waals surface area contributed by atoms with E-state index in [0.717, 1.165) is 21.7 Å². The number of aryl methyl sites for hydroxylation is 1. The number of hydrogen-bond acceptors (Lipinski definition) is 8. The molecule has 6 atom stereocenters. The average Bonchev–Trinajstić information content (AvgIpc) is 3.54. The molecule has 2 saturated heterocycles. The molecule has 4 amide bonds. The lowest BCUT2D eigenvalue weighted by molar-refractivity contribution is -0.141. The molecule has 10 nitrogen and oxygen atoms in total. The van der Waals surface area contributed by atoms with E-state index in [9.17, 15) is 24.6 Å². The number of benzene rings is 4. The lowest BCUT2D eigenvalue weighted by Gasteiger charge is -2.50. The van der Waals surface area contributed by atoms with Crippen LogP contribution in [0.5, 0.6) is 17.2 Å². The van der Waals surface area contributed by atoms with Gasteiger partial charge >= 0.3 is 0 Å². The monoisotopic (exact) mass is 711 g/mol. The molecule has 0 aromatic heterocycles. The summed E-state index contributed by atoms with van der Waals surface area (Å²) in [6.07, 6.45) is 2.96. The molecule has 3 fully saturated rings. The Morgan fingerprint density at radius 3 is 2.30 bits per heavy atom. The number of imide groups is 2. The van der Waals surface area contributed by atoms with Crippen molar-refractivity contribution in [3.8, 4) is 17.2 Å². The molecule has 4 aromatic carbocycles. The zero-order chi connectivity index (χ0) is 37.0. The van der Waals surface area contributed by atoms with Crippen LogP contribution in [0.25, 0.3) is 0 Å². The number of allylic oxidation sites excluding steroid dienone is 2. The quantitative estimate of drug-likeness (QED) is 0.142. The van der Waals surface area contributed by atoms with Gasteiger partial charge < -0.3 is 14.9 Å². The molecule has 10 heteroatoms. The highest BCUT2D eigenvalue weighted by Crippen LogP contribution is 2.64. The molecule has 53 heavy (non-hydrogen) atoms. The number of hydrazine groups is 1. The second-order valence-electron chi connectivity index (χ2n) is 14.5. The van der Waals surface area contributed by atoms with E-state index in [1.165, 1.54) is 4.90 Å². The molecule has 1 saturated carbocycles. The van der Waals surface area contributed by atoms with Crippen molar-refractivity contribution in [2.45, 2.75) is 44.4 Å². The minimum atomic E-state index is -1.42. The van der Waals surface area contributed by atoms with Crippen LogP contribution < -0.4 is 10.2 Å². The van der Waals surface area contributed by atoms with Gasteiger partial charge in [0.2, 0.25) is 11.8 Å². The Labute approximate surface area is 307 Å². The molecule has 2 aliphatic heterocycles. The number of ether oxygens (including phenoxy) is 1. The van der Waals surface area contributed by atoms with Gasteiger partial charge in [-0.2, -0.15) is 5.01 Å². The van der Waals surface area contributed by atoms with Gasteiger partial charge in [0.05, 0.1) is 35.5 Å². The number of aromatic hydroxyl groups is 2. The normalized spacial score (nSPS) is 26.2. The van der Waals surface area contributed by atoms with Gasteiger partial charge in [0, 0.05) is 12.5 Å². The van der Waals surface area contributed by atoms with Gasteiger partial charge in [0.1, 0.15) is 5.75 Å². The molecule has 4 aromatic rings. The van der Waals surface area contributed by atoms with E-state index in [1.807, 2.05) is 74.5 Å². The number of carbonyl (C=O) groups is 4. The summed E-state index contributed by atoms with van der Waals surface area (Å²) in [6.45, 7) is 4.27. The third-order valence-electron chi connectivity index (χ3n) is 11.7. The number of fused-ring (bicyclic) bond motifs is 4. The summed E-state index contributed by atoms with van der Waals surface area (Å²) in [5, 5.41) is 21.6. The number of rotatable bonds is 9. The smallest absolute Gasteiger partial charge is 0.260 e. The summed E-state index contributed by atoms with van der Waals surface area (Å²) in [6, 6.07) is 28.5. The Kier molecular flexibility index (Phi) is 8.55. The van der Waals surface area contributed by atoms with Crippen molar-refractivity contribution in [3.63, 3.8) is 0 Å². The van der Waals surface area contributed by atoms with Crippen LogP contribution in [0.1, 0.15) is 47.9 Å². The van der Waals surface area contributed by atoms with E-state index in [1.54, 1.807) is 42.5 Å². The van der Waals surface area contributed by atoms with Crippen LogP contribution in [0.3, 0.4) is 0 Å². The van der Waals surface area contributed by atoms with Crippen molar-refractivity contribution in [1.29, 1.82) is 0 Å². The Hall–Kier alpha value is -5.90. The predicted octanol–water partition coefficient (Wildman–Crippen LogP) is 6.03. The van der Waals surface area contributed by atoms with Crippen molar-refractivity contribution < 1.29 is 34.1 Å². The number of phenols is 2. The van der Waals surface area contributed by atoms with Crippen molar-refractivity contribution in [2.75, 3.05) is 18.6 Å². The van der Waals surface area contributed by atoms with Gasteiger partial charge in [-0.3, -0.25) is 29.5 Å². The molecule has 0 bridgehead atoms. The van der Waals surface area contributed by atoms with Crippen molar-refractivity contribution >= 4 is 29.3 Å². The fourth-order valence-electron chi connectivity index (χ4n) is 9.29. The number of hydrogen-bond donors (Lipinski definition) is 3. The highest BCUT2D eigenvalue weighted by Gasteiger charge is 2.70. The first-order valence-electron chi connectivity index (χ1n) is 18.2. The Morgan fingerprint density at radius 1 is 0.849 bits per heavy atom. The lowest BCUT2D eigenvalue weighted by atomic mass is 9.49. The number of likely N-dealkylation sites (tertiary alicyclic amines) is 1. The number of anilines is 1. The summed E-state index contributed by atoms with van der Waals surface area (Å²) >= 11 is 0. The first-order valence-corrected chi connectivity index (χ1v) is 18.2. The molecular formula is C43H41N3O7. The maximum Gasteiger partial charge on any atom is 0.260 e. The molecule has 6 unspecified atom stereocenters. The summed E-state index contributed by atoms with van der Waals surface area (Å²) in [5.74, 6) is -4.41. The number of phenolic OH excluding ortho intramolecular Hbond substituents is 2. The van der Waals surface area contributed by atoms with E-state index in [0.29, 0.717) is 36.3 Å². The molecule has 4 aliphatic rings. The Bertz CT molecular complexity index is 2130. The summed E-state index contributed by atoms with van der Waals surface area (Å²) in [4.78, 5) is 59.9. The zero-order valence-corrected chi connectivity index (χ0v) is 29.6. The van der Waals surface area contributed by atoms with E-state index >= 15 is 4.79 Å². The fourth-order valence-corrected chi connectivity index (χ4v) is 9.29. The minimum absolute atomic E-state index is 0.0525. The molecule has 3 N–H and O–H groups in total. The molecule has 270 valence electrons. The highest BCUT2D eigenvalue weighted by atomic mass is 16.5. The van der Waals surface area contributed by atoms with Crippen molar-refractivity contribution in [1.82, 2.24) is 9.91 Å². The molecule has 0 radical (unpaired) electrons. The van der Waals surface area contributed by atoms with E-state index < -0.39 is 46.8 Å². The second kappa shape index (κ2) is 13.3. The van der Waals surface area contributed by atoms with E-state index in [2.05, 4.69) is 5.43 Å². The molecule has 2 heterocycles. The van der Waals surface area contributed by atoms with Crippen LogP contribution in [-0.2, 0) is 31.0 Å². The topological polar surface area (TPSA) is 136 Å². The van der Waals surface area contributed by atoms with Crippen LogP contribution in [0.2, 0.25) is 0 Å². The minimum Gasteiger partial charge on any atom is -0.508 e. The van der Waals surface area contributed by atoms with Gasteiger partial charge in [0.15, 0.2) is 11.5 Å². The van der Waals surface area contributed by atoms with Crippen molar-refractivity contribution in [3.05, 3.63) is 131 Å². The van der Waals surface area contributed by atoms with Crippen LogP contribution in [0.4, 0.5) is 5.69 Å². The third-order valence-corrected chi connectivity index (χ3v) is 11.7. The Morgan fingerprint density at radius 2 is 1.58 bits per heavy atom. The average molecular weight is 712 g/mol. The predicted molar refractivity (Wildman–Crippen MR) is 197 cm³/mol. The maximum absolute atomic E-state index is 15.3. The third kappa shape index (κ3) is 5.46. The molecular weight excluding hydrogens is 670 g/mol. The maximum atomic E-state index is 15.3. The number of nitrogens with one attached hydrogen (secondary N) is 1. The van der Waals surface area contributed by atoms with Crippen LogP contribution in [0, 0.1) is 30.6 Å². The fraction of sp³-hybridized carbons (Fsp3) is 0.302. The first-order chi connectivity index (χ1) is 25.6. The number of nitrogens with zero attached hydrogens (tertiary/aromatic N) is 2. The Balaban J connectivity index is 1.26. The van der Waals surface area contributed by atoms with Gasteiger partial charge in [-0.15, -0.1) is 0 Å². The zero-order valence-electron chi connectivity index (χ0n) is 29.6. The summed E-state index contributed by atoms with van der Waals surface area (Å²) in [7, 11) is 0. The molecule has 0 spiro atoms. The van der Waals surface area contributed by atoms with Crippen LogP contribution in [-0.4, -0.2) is 56.9 Å². The van der Waals surface area contributed by atoms with E-state index in [4.69, 9.17) is 4.74 Å². The van der Waals surface area contributed by atoms with Gasteiger partial charge in [-0.1, -0.05) is 77.9 Å². The summed E-state index contributed by atoms with van der Waals surface area (Å²) in [5.41, 5.74) is 6.35. The largest absolute Gasteiger partial charge is 0.508 e. The van der Waals surface area contributed by atoms with Crippen LogP contribution in [0.15, 0.2) is 109 Å². The van der Waals surface area contributed by atoms with Crippen LogP contribution >= 0.6 is 0 Å². The van der Waals surface area contributed by atoms with Gasteiger partial charge in [-0.05, 0) is 92.1 Å².